The lowest BCUT2D eigenvalue weighted by atomic mass is 9.99. The van der Waals surface area contributed by atoms with Crippen molar-refractivity contribution < 1.29 is 0 Å². The molecule has 0 aliphatic carbocycles. The second kappa shape index (κ2) is 5.73. The number of piperidine rings is 1. The summed E-state index contributed by atoms with van der Waals surface area (Å²) in [6, 6.07) is 3.91. The average molecular weight is 258 g/mol. The number of nitrogens with two attached hydrogens (primary N) is 1. The number of hydrogen-bond donors (Lipinski definition) is 1. The SMILES string of the molecule is CC1CCN(CCn2c(N)nc(C#N)c2C#N)CC1. The van der Waals surface area contributed by atoms with Crippen LogP contribution in [-0.4, -0.2) is 34.1 Å². The molecular weight excluding hydrogens is 240 g/mol. The van der Waals surface area contributed by atoms with Crippen molar-refractivity contribution >= 4 is 5.95 Å². The fourth-order valence-corrected chi connectivity index (χ4v) is 2.41. The van der Waals surface area contributed by atoms with Gasteiger partial charge in [-0.1, -0.05) is 6.92 Å². The van der Waals surface area contributed by atoms with Gasteiger partial charge in [-0.2, -0.15) is 10.5 Å². The van der Waals surface area contributed by atoms with Crippen LogP contribution < -0.4 is 5.73 Å². The van der Waals surface area contributed by atoms with E-state index in [2.05, 4.69) is 16.8 Å². The minimum absolute atomic E-state index is 0.118. The van der Waals surface area contributed by atoms with Crippen LogP contribution in [0.2, 0.25) is 0 Å². The van der Waals surface area contributed by atoms with Crippen LogP contribution in [0.25, 0.3) is 0 Å². The molecule has 2 rings (SSSR count). The molecule has 0 saturated carbocycles. The minimum atomic E-state index is 0.118. The lowest BCUT2D eigenvalue weighted by Gasteiger charge is -2.30. The Balaban J connectivity index is 2.02. The number of aromatic nitrogens is 2. The molecule has 0 radical (unpaired) electrons. The number of rotatable bonds is 3. The number of anilines is 1. The average Bonchev–Trinajstić information content (AvgIpc) is 2.73. The highest BCUT2D eigenvalue weighted by molar-refractivity contribution is 5.43. The summed E-state index contributed by atoms with van der Waals surface area (Å²) in [5.41, 5.74) is 6.15. The van der Waals surface area contributed by atoms with E-state index in [0.29, 0.717) is 6.54 Å². The van der Waals surface area contributed by atoms with Gasteiger partial charge in [-0.3, -0.25) is 4.57 Å². The zero-order valence-corrected chi connectivity index (χ0v) is 11.1. The maximum atomic E-state index is 9.08. The van der Waals surface area contributed by atoms with Gasteiger partial charge in [0.25, 0.3) is 0 Å². The molecule has 1 aromatic rings. The number of nitriles is 2. The third kappa shape index (κ3) is 2.86. The summed E-state index contributed by atoms with van der Waals surface area (Å²) in [4.78, 5) is 6.28. The molecule has 6 heteroatoms. The van der Waals surface area contributed by atoms with Gasteiger partial charge in [-0.15, -0.1) is 0 Å². The maximum absolute atomic E-state index is 9.08. The molecule has 1 aromatic heterocycles. The molecule has 1 fully saturated rings. The number of likely N-dealkylation sites (tertiary alicyclic amines) is 1. The Morgan fingerprint density at radius 2 is 1.95 bits per heavy atom. The zero-order chi connectivity index (χ0) is 13.8. The topological polar surface area (TPSA) is 94.7 Å². The molecule has 19 heavy (non-hydrogen) atoms. The Kier molecular flexibility index (Phi) is 4.03. The molecule has 0 bridgehead atoms. The van der Waals surface area contributed by atoms with Crippen LogP contribution in [0.5, 0.6) is 0 Å². The largest absolute Gasteiger partial charge is 0.369 e. The standard InChI is InChI=1S/C13H18N6/c1-10-2-4-18(5-3-10)6-7-19-12(9-15)11(8-14)17-13(19)16/h10H,2-7H2,1H3,(H2,16,17). The Labute approximate surface area is 113 Å². The molecule has 1 saturated heterocycles. The van der Waals surface area contributed by atoms with Crippen LogP contribution in [0, 0.1) is 28.6 Å². The molecular formula is C13H18N6. The van der Waals surface area contributed by atoms with E-state index in [1.165, 1.54) is 12.8 Å². The Morgan fingerprint density at radius 1 is 1.26 bits per heavy atom. The van der Waals surface area contributed by atoms with Crippen molar-refractivity contribution in [3.05, 3.63) is 11.4 Å². The van der Waals surface area contributed by atoms with Crippen LogP contribution in [0.1, 0.15) is 31.2 Å². The number of hydrogen-bond acceptors (Lipinski definition) is 5. The van der Waals surface area contributed by atoms with Crippen molar-refractivity contribution in [2.45, 2.75) is 26.3 Å². The van der Waals surface area contributed by atoms with Crippen molar-refractivity contribution in [1.29, 1.82) is 10.5 Å². The summed E-state index contributed by atoms with van der Waals surface area (Å²) in [7, 11) is 0. The van der Waals surface area contributed by atoms with Gasteiger partial charge < -0.3 is 10.6 Å². The number of nitrogen functional groups attached to an aromatic ring is 1. The molecule has 100 valence electrons. The van der Waals surface area contributed by atoms with E-state index in [0.717, 1.165) is 25.6 Å². The summed E-state index contributed by atoms with van der Waals surface area (Å²) in [6.07, 6.45) is 2.43. The first-order valence-corrected chi connectivity index (χ1v) is 6.54. The van der Waals surface area contributed by atoms with Crippen LogP contribution in [0.15, 0.2) is 0 Å². The van der Waals surface area contributed by atoms with E-state index in [1.54, 1.807) is 4.57 Å². The molecule has 0 atom stereocenters. The van der Waals surface area contributed by atoms with E-state index in [-0.39, 0.29) is 17.3 Å². The first-order valence-electron chi connectivity index (χ1n) is 6.54. The van der Waals surface area contributed by atoms with Crippen LogP contribution in [-0.2, 0) is 6.54 Å². The lowest BCUT2D eigenvalue weighted by Crippen LogP contribution is -2.35. The van der Waals surface area contributed by atoms with Gasteiger partial charge in [0.05, 0.1) is 0 Å². The predicted octanol–water partition coefficient (Wildman–Crippen LogP) is 0.941. The quantitative estimate of drug-likeness (QED) is 0.870. The van der Waals surface area contributed by atoms with E-state index in [4.69, 9.17) is 16.3 Å². The third-order valence-corrected chi connectivity index (χ3v) is 3.73. The Hall–Kier alpha value is -2.05. The van der Waals surface area contributed by atoms with Gasteiger partial charge in [0, 0.05) is 13.1 Å². The fraction of sp³-hybridized carbons (Fsp3) is 0.615. The summed E-state index contributed by atoms with van der Waals surface area (Å²) in [5.74, 6) is 1.05. The summed E-state index contributed by atoms with van der Waals surface area (Å²) in [6.45, 7) is 5.90. The van der Waals surface area contributed by atoms with Gasteiger partial charge in [0.15, 0.2) is 11.4 Å². The van der Waals surface area contributed by atoms with Gasteiger partial charge >= 0.3 is 0 Å². The minimum Gasteiger partial charge on any atom is -0.369 e. The first kappa shape index (κ1) is 13.4. The molecule has 2 heterocycles. The van der Waals surface area contributed by atoms with Crippen molar-refractivity contribution in [3.8, 4) is 12.1 Å². The highest BCUT2D eigenvalue weighted by atomic mass is 15.2. The van der Waals surface area contributed by atoms with Gasteiger partial charge in [-0.05, 0) is 31.8 Å². The van der Waals surface area contributed by atoms with E-state index < -0.39 is 0 Å². The second-order valence-corrected chi connectivity index (χ2v) is 5.07. The number of imidazole rings is 1. The second-order valence-electron chi connectivity index (χ2n) is 5.07. The van der Waals surface area contributed by atoms with Crippen molar-refractivity contribution in [2.24, 2.45) is 5.92 Å². The molecule has 1 aliphatic rings. The fourth-order valence-electron chi connectivity index (χ4n) is 2.41. The summed E-state index contributed by atoms with van der Waals surface area (Å²) in [5, 5.41) is 18.0. The van der Waals surface area contributed by atoms with Gasteiger partial charge in [-0.25, -0.2) is 4.98 Å². The monoisotopic (exact) mass is 258 g/mol. The highest BCUT2D eigenvalue weighted by Gasteiger charge is 2.18. The predicted molar refractivity (Wildman–Crippen MR) is 70.9 cm³/mol. The molecule has 0 amide bonds. The summed E-state index contributed by atoms with van der Waals surface area (Å²) < 4.78 is 1.64. The first-order chi connectivity index (χ1) is 9.15. The highest BCUT2D eigenvalue weighted by Crippen LogP contribution is 2.17. The molecule has 6 nitrogen and oxygen atoms in total. The van der Waals surface area contributed by atoms with Gasteiger partial charge in [0.2, 0.25) is 5.95 Å². The van der Waals surface area contributed by atoms with E-state index >= 15 is 0 Å². The van der Waals surface area contributed by atoms with Crippen molar-refractivity contribution in [2.75, 3.05) is 25.4 Å². The normalized spacial score (nSPS) is 17.0. The lowest BCUT2D eigenvalue weighted by molar-refractivity contribution is 0.186. The van der Waals surface area contributed by atoms with E-state index in [9.17, 15) is 0 Å². The third-order valence-electron chi connectivity index (χ3n) is 3.73. The van der Waals surface area contributed by atoms with Gasteiger partial charge in [0.1, 0.15) is 12.1 Å². The number of nitrogens with zero attached hydrogens (tertiary/aromatic N) is 5. The zero-order valence-electron chi connectivity index (χ0n) is 11.1. The van der Waals surface area contributed by atoms with Crippen molar-refractivity contribution in [1.82, 2.24) is 14.5 Å². The molecule has 2 N–H and O–H groups in total. The van der Waals surface area contributed by atoms with E-state index in [1.807, 2.05) is 12.1 Å². The smallest absolute Gasteiger partial charge is 0.202 e. The Bertz CT molecular complexity index is 525. The van der Waals surface area contributed by atoms with Crippen LogP contribution in [0.3, 0.4) is 0 Å². The molecule has 0 unspecified atom stereocenters. The molecule has 0 aromatic carbocycles. The Morgan fingerprint density at radius 3 is 2.53 bits per heavy atom. The van der Waals surface area contributed by atoms with Crippen LogP contribution >= 0.6 is 0 Å². The summed E-state index contributed by atoms with van der Waals surface area (Å²) >= 11 is 0. The molecule has 0 spiro atoms. The van der Waals surface area contributed by atoms with Crippen LogP contribution in [0.4, 0.5) is 5.95 Å². The molecule has 1 aliphatic heterocycles. The maximum Gasteiger partial charge on any atom is 0.202 e. The van der Waals surface area contributed by atoms with Crippen molar-refractivity contribution in [3.63, 3.8) is 0 Å².